The SMILES string of the molecule is CC1CCCC1NS(=O)(=O)c1cccc2ccccc12. The molecule has 3 rings (SSSR count). The second-order valence-corrected chi connectivity index (χ2v) is 7.30. The van der Waals surface area contributed by atoms with E-state index < -0.39 is 10.0 Å². The van der Waals surface area contributed by atoms with E-state index in [1.54, 1.807) is 12.1 Å². The molecular formula is C16H19NO2S. The van der Waals surface area contributed by atoms with Gasteiger partial charge in [-0.25, -0.2) is 13.1 Å². The van der Waals surface area contributed by atoms with Crippen LogP contribution in [0.3, 0.4) is 0 Å². The van der Waals surface area contributed by atoms with Crippen molar-refractivity contribution in [2.75, 3.05) is 0 Å². The van der Waals surface area contributed by atoms with Gasteiger partial charge < -0.3 is 0 Å². The molecule has 0 aliphatic heterocycles. The third kappa shape index (κ3) is 2.45. The maximum atomic E-state index is 12.6. The maximum Gasteiger partial charge on any atom is 0.241 e. The Morgan fingerprint density at radius 1 is 1.05 bits per heavy atom. The molecule has 0 saturated heterocycles. The van der Waals surface area contributed by atoms with Gasteiger partial charge in [0, 0.05) is 11.4 Å². The molecule has 0 amide bonds. The summed E-state index contributed by atoms with van der Waals surface area (Å²) in [6.07, 6.45) is 3.14. The molecular weight excluding hydrogens is 270 g/mol. The highest BCUT2D eigenvalue weighted by Crippen LogP contribution is 2.28. The van der Waals surface area contributed by atoms with Crippen molar-refractivity contribution in [2.24, 2.45) is 5.92 Å². The second kappa shape index (κ2) is 5.19. The monoisotopic (exact) mass is 289 g/mol. The van der Waals surface area contributed by atoms with Crippen molar-refractivity contribution in [3.63, 3.8) is 0 Å². The molecule has 2 atom stereocenters. The molecule has 1 aliphatic carbocycles. The molecule has 1 aliphatic rings. The molecule has 20 heavy (non-hydrogen) atoms. The Kier molecular flexibility index (Phi) is 3.52. The summed E-state index contributed by atoms with van der Waals surface area (Å²) in [7, 11) is -3.45. The predicted molar refractivity (Wildman–Crippen MR) is 81.1 cm³/mol. The standard InChI is InChI=1S/C16H19NO2S/c1-12-6-4-10-15(12)17-20(18,19)16-11-5-8-13-7-2-3-9-14(13)16/h2-3,5,7-9,11-12,15,17H,4,6,10H2,1H3. The normalized spacial score (nSPS) is 23.2. The molecule has 2 unspecified atom stereocenters. The number of hydrogen-bond donors (Lipinski definition) is 1. The van der Waals surface area contributed by atoms with Crippen LogP contribution in [0.1, 0.15) is 26.2 Å². The van der Waals surface area contributed by atoms with Crippen LogP contribution in [0.15, 0.2) is 47.4 Å². The Bertz CT molecular complexity index is 719. The summed E-state index contributed by atoms with van der Waals surface area (Å²) in [5, 5.41) is 1.74. The Hall–Kier alpha value is -1.39. The number of rotatable bonds is 3. The smallest absolute Gasteiger partial charge is 0.208 e. The maximum absolute atomic E-state index is 12.6. The number of sulfonamides is 1. The lowest BCUT2D eigenvalue weighted by Gasteiger charge is -2.18. The molecule has 3 nitrogen and oxygen atoms in total. The molecule has 0 heterocycles. The zero-order valence-corrected chi connectivity index (χ0v) is 12.4. The first-order valence-electron chi connectivity index (χ1n) is 7.08. The highest BCUT2D eigenvalue weighted by molar-refractivity contribution is 7.89. The van der Waals surface area contributed by atoms with Gasteiger partial charge in [-0.15, -0.1) is 0 Å². The van der Waals surface area contributed by atoms with E-state index in [2.05, 4.69) is 11.6 Å². The summed E-state index contributed by atoms with van der Waals surface area (Å²) in [5.74, 6) is 0.416. The average Bonchev–Trinajstić information content (AvgIpc) is 2.83. The van der Waals surface area contributed by atoms with Gasteiger partial charge in [-0.2, -0.15) is 0 Å². The molecule has 1 fully saturated rings. The Balaban J connectivity index is 2.01. The van der Waals surface area contributed by atoms with Crippen LogP contribution in [0.2, 0.25) is 0 Å². The minimum atomic E-state index is -3.45. The molecule has 2 aromatic rings. The Morgan fingerprint density at radius 3 is 2.55 bits per heavy atom. The Labute approximate surface area is 120 Å². The van der Waals surface area contributed by atoms with Crippen LogP contribution >= 0.6 is 0 Å². The van der Waals surface area contributed by atoms with Gasteiger partial charge in [0.2, 0.25) is 10.0 Å². The number of benzene rings is 2. The molecule has 1 N–H and O–H groups in total. The quantitative estimate of drug-likeness (QED) is 0.942. The van der Waals surface area contributed by atoms with E-state index in [9.17, 15) is 8.42 Å². The van der Waals surface area contributed by atoms with E-state index in [-0.39, 0.29) is 6.04 Å². The van der Waals surface area contributed by atoms with Crippen LogP contribution < -0.4 is 4.72 Å². The van der Waals surface area contributed by atoms with Gasteiger partial charge in [-0.3, -0.25) is 0 Å². The van der Waals surface area contributed by atoms with E-state index in [0.717, 1.165) is 30.0 Å². The minimum Gasteiger partial charge on any atom is -0.208 e. The molecule has 0 bridgehead atoms. The minimum absolute atomic E-state index is 0.0685. The average molecular weight is 289 g/mol. The first kappa shape index (κ1) is 13.6. The first-order valence-corrected chi connectivity index (χ1v) is 8.56. The van der Waals surface area contributed by atoms with Crippen molar-refractivity contribution >= 4 is 20.8 Å². The molecule has 0 radical (unpaired) electrons. The zero-order valence-electron chi connectivity index (χ0n) is 11.5. The van der Waals surface area contributed by atoms with Crippen molar-refractivity contribution in [1.82, 2.24) is 4.72 Å². The van der Waals surface area contributed by atoms with Gasteiger partial charge in [-0.05, 0) is 30.2 Å². The van der Waals surface area contributed by atoms with Crippen LogP contribution in [-0.2, 0) is 10.0 Å². The molecule has 4 heteroatoms. The van der Waals surface area contributed by atoms with Crippen molar-refractivity contribution in [1.29, 1.82) is 0 Å². The summed E-state index contributed by atoms with van der Waals surface area (Å²) < 4.78 is 28.2. The van der Waals surface area contributed by atoms with Crippen LogP contribution in [0.5, 0.6) is 0 Å². The summed E-state index contributed by atoms with van der Waals surface area (Å²) in [6, 6.07) is 13.1. The van der Waals surface area contributed by atoms with E-state index >= 15 is 0 Å². The number of hydrogen-bond acceptors (Lipinski definition) is 2. The predicted octanol–water partition coefficient (Wildman–Crippen LogP) is 3.31. The summed E-state index contributed by atoms with van der Waals surface area (Å²) in [4.78, 5) is 0.384. The van der Waals surface area contributed by atoms with Gasteiger partial charge >= 0.3 is 0 Å². The third-order valence-electron chi connectivity index (χ3n) is 4.21. The largest absolute Gasteiger partial charge is 0.241 e. The fourth-order valence-electron chi connectivity index (χ4n) is 3.01. The lowest BCUT2D eigenvalue weighted by atomic mass is 10.1. The van der Waals surface area contributed by atoms with Gasteiger partial charge in [0.25, 0.3) is 0 Å². The van der Waals surface area contributed by atoms with Crippen LogP contribution in [0, 0.1) is 5.92 Å². The van der Waals surface area contributed by atoms with Crippen LogP contribution in [0.4, 0.5) is 0 Å². The Morgan fingerprint density at radius 2 is 1.80 bits per heavy atom. The number of fused-ring (bicyclic) bond motifs is 1. The van der Waals surface area contributed by atoms with Crippen LogP contribution in [-0.4, -0.2) is 14.5 Å². The fourth-order valence-corrected chi connectivity index (χ4v) is 4.62. The number of nitrogens with one attached hydrogen (secondary N) is 1. The molecule has 106 valence electrons. The van der Waals surface area contributed by atoms with E-state index in [1.165, 1.54) is 0 Å². The van der Waals surface area contributed by atoms with Crippen molar-refractivity contribution < 1.29 is 8.42 Å². The summed E-state index contributed by atoms with van der Waals surface area (Å²) >= 11 is 0. The fraction of sp³-hybridized carbons (Fsp3) is 0.375. The molecule has 2 aromatic carbocycles. The van der Waals surface area contributed by atoms with Gasteiger partial charge in [0.15, 0.2) is 0 Å². The lowest BCUT2D eigenvalue weighted by Crippen LogP contribution is -2.36. The molecule has 0 spiro atoms. The second-order valence-electron chi connectivity index (χ2n) is 5.61. The van der Waals surface area contributed by atoms with E-state index in [4.69, 9.17) is 0 Å². The highest BCUT2D eigenvalue weighted by Gasteiger charge is 2.28. The molecule has 1 saturated carbocycles. The summed E-state index contributed by atoms with van der Waals surface area (Å²) in [6.45, 7) is 2.11. The zero-order chi connectivity index (χ0) is 14.2. The first-order chi connectivity index (χ1) is 9.58. The van der Waals surface area contributed by atoms with Gasteiger partial charge in [0.05, 0.1) is 4.90 Å². The van der Waals surface area contributed by atoms with Crippen molar-refractivity contribution in [2.45, 2.75) is 37.1 Å². The third-order valence-corrected chi connectivity index (χ3v) is 5.76. The summed E-state index contributed by atoms with van der Waals surface area (Å²) in [5.41, 5.74) is 0. The van der Waals surface area contributed by atoms with Crippen molar-refractivity contribution in [3.05, 3.63) is 42.5 Å². The van der Waals surface area contributed by atoms with Crippen molar-refractivity contribution in [3.8, 4) is 0 Å². The molecule has 0 aromatic heterocycles. The van der Waals surface area contributed by atoms with E-state index in [1.807, 2.05) is 30.3 Å². The van der Waals surface area contributed by atoms with Gasteiger partial charge in [-0.1, -0.05) is 49.7 Å². The van der Waals surface area contributed by atoms with E-state index in [0.29, 0.717) is 10.8 Å². The topological polar surface area (TPSA) is 46.2 Å². The lowest BCUT2D eigenvalue weighted by molar-refractivity contribution is 0.477. The van der Waals surface area contributed by atoms with Crippen LogP contribution in [0.25, 0.3) is 10.8 Å². The van der Waals surface area contributed by atoms with Gasteiger partial charge in [0.1, 0.15) is 0 Å². The highest BCUT2D eigenvalue weighted by atomic mass is 32.2.